The molecular formula is C15H22O2. The van der Waals surface area contributed by atoms with Crippen LogP contribution in [0, 0.1) is 11.8 Å². The molecule has 0 bridgehead atoms. The van der Waals surface area contributed by atoms with E-state index in [2.05, 4.69) is 6.92 Å². The summed E-state index contributed by atoms with van der Waals surface area (Å²) in [4.78, 5) is 0. The minimum absolute atomic E-state index is 0.264. The van der Waals surface area contributed by atoms with E-state index in [-0.39, 0.29) is 11.9 Å². The Hall–Kier alpha value is -1.02. The zero-order valence-corrected chi connectivity index (χ0v) is 10.5. The second kappa shape index (κ2) is 5.54. The molecule has 1 saturated carbocycles. The Morgan fingerprint density at radius 3 is 2.88 bits per heavy atom. The maximum Gasteiger partial charge on any atom is 0.115 e. The van der Waals surface area contributed by atoms with Crippen LogP contribution < -0.4 is 0 Å². The van der Waals surface area contributed by atoms with Crippen LogP contribution in [0.4, 0.5) is 0 Å². The number of hydrogen-bond acceptors (Lipinski definition) is 2. The first kappa shape index (κ1) is 12.4. The second-order valence-corrected chi connectivity index (χ2v) is 5.47. The van der Waals surface area contributed by atoms with Gasteiger partial charge in [-0.05, 0) is 48.8 Å². The van der Waals surface area contributed by atoms with Crippen LogP contribution in [0.15, 0.2) is 24.3 Å². The molecule has 1 aliphatic rings. The average molecular weight is 234 g/mol. The van der Waals surface area contributed by atoms with E-state index in [4.69, 9.17) is 0 Å². The van der Waals surface area contributed by atoms with Crippen LogP contribution in [0.3, 0.4) is 0 Å². The molecule has 0 saturated heterocycles. The van der Waals surface area contributed by atoms with Gasteiger partial charge in [-0.2, -0.15) is 0 Å². The number of aliphatic hydroxyl groups excluding tert-OH is 1. The predicted molar refractivity (Wildman–Crippen MR) is 68.9 cm³/mol. The number of aromatic hydroxyl groups is 1. The van der Waals surface area contributed by atoms with Gasteiger partial charge < -0.3 is 10.2 Å². The van der Waals surface area contributed by atoms with Crippen molar-refractivity contribution < 1.29 is 10.2 Å². The molecule has 0 radical (unpaired) electrons. The first-order valence-corrected chi connectivity index (χ1v) is 6.61. The third kappa shape index (κ3) is 3.47. The van der Waals surface area contributed by atoms with Crippen molar-refractivity contribution in [1.29, 1.82) is 0 Å². The van der Waals surface area contributed by atoms with Gasteiger partial charge >= 0.3 is 0 Å². The Labute approximate surface area is 103 Å². The van der Waals surface area contributed by atoms with Crippen molar-refractivity contribution in [2.75, 3.05) is 0 Å². The van der Waals surface area contributed by atoms with Crippen LogP contribution in [0.5, 0.6) is 5.75 Å². The molecule has 1 fully saturated rings. The molecule has 2 rings (SSSR count). The summed E-state index contributed by atoms with van der Waals surface area (Å²) in [6, 6.07) is 7.21. The lowest BCUT2D eigenvalue weighted by molar-refractivity contribution is 0.0720. The zero-order chi connectivity index (χ0) is 12.3. The summed E-state index contributed by atoms with van der Waals surface area (Å²) in [6.45, 7) is 2.27. The molecule has 3 unspecified atom stereocenters. The highest BCUT2D eigenvalue weighted by atomic mass is 16.3. The van der Waals surface area contributed by atoms with Gasteiger partial charge in [0, 0.05) is 0 Å². The first-order chi connectivity index (χ1) is 8.15. The third-order valence-corrected chi connectivity index (χ3v) is 3.88. The van der Waals surface area contributed by atoms with Gasteiger partial charge in [-0.15, -0.1) is 0 Å². The molecule has 94 valence electrons. The number of rotatable bonds is 3. The lowest BCUT2D eigenvalue weighted by Crippen LogP contribution is -2.27. The Balaban J connectivity index is 1.94. The minimum atomic E-state index is -0.264. The van der Waals surface area contributed by atoms with E-state index in [1.54, 1.807) is 12.1 Å². The molecule has 2 N–H and O–H groups in total. The molecule has 3 atom stereocenters. The monoisotopic (exact) mass is 234 g/mol. The molecular weight excluding hydrogens is 212 g/mol. The molecule has 1 aromatic rings. The van der Waals surface area contributed by atoms with Gasteiger partial charge in [-0.1, -0.05) is 31.9 Å². The highest BCUT2D eigenvalue weighted by Crippen LogP contribution is 2.32. The zero-order valence-electron chi connectivity index (χ0n) is 10.5. The van der Waals surface area contributed by atoms with Crippen LogP contribution >= 0.6 is 0 Å². The van der Waals surface area contributed by atoms with E-state index in [9.17, 15) is 10.2 Å². The standard InChI is InChI=1S/C15H22O2/c1-11-4-2-6-13(8-11)15(17)10-12-5-3-7-14(16)9-12/h3,5,7,9,11,13,15-17H,2,4,6,8,10H2,1H3. The normalized spacial score (nSPS) is 26.7. The highest BCUT2D eigenvalue weighted by molar-refractivity contribution is 5.27. The SMILES string of the molecule is CC1CCCC(C(O)Cc2cccc(O)c2)C1. The predicted octanol–water partition coefficient (Wildman–Crippen LogP) is 3.12. The smallest absolute Gasteiger partial charge is 0.115 e. The van der Waals surface area contributed by atoms with Crippen molar-refractivity contribution in [2.45, 2.75) is 45.1 Å². The van der Waals surface area contributed by atoms with Crippen LogP contribution in [-0.4, -0.2) is 16.3 Å². The van der Waals surface area contributed by atoms with E-state index in [0.29, 0.717) is 12.3 Å². The summed E-state index contributed by atoms with van der Waals surface area (Å²) in [5, 5.41) is 19.7. The van der Waals surface area contributed by atoms with Crippen LogP contribution in [0.25, 0.3) is 0 Å². The van der Waals surface area contributed by atoms with E-state index in [1.165, 1.54) is 12.8 Å². The topological polar surface area (TPSA) is 40.5 Å². The molecule has 2 nitrogen and oxygen atoms in total. The van der Waals surface area contributed by atoms with Crippen molar-refractivity contribution in [3.05, 3.63) is 29.8 Å². The van der Waals surface area contributed by atoms with E-state index < -0.39 is 0 Å². The summed E-state index contributed by atoms with van der Waals surface area (Å²) < 4.78 is 0. The third-order valence-electron chi connectivity index (χ3n) is 3.88. The fourth-order valence-corrected chi connectivity index (χ4v) is 2.92. The van der Waals surface area contributed by atoms with Crippen molar-refractivity contribution in [2.24, 2.45) is 11.8 Å². The van der Waals surface area contributed by atoms with E-state index in [0.717, 1.165) is 24.3 Å². The van der Waals surface area contributed by atoms with Gasteiger partial charge in [0.05, 0.1) is 6.10 Å². The Bertz CT molecular complexity index is 362. The van der Waals surface area contributed by atoms with Crippen molar-refractivity contribution in [1.82, 2.24) is 0 Å². The summed E-state index contributed by atoms with van der Waals surface area (Å²) in [6.07, 6.45) is 5.22. The Kier molecular flexibility index (Phi) is 4.06. The number of benzene rings is 1. The number of phenols is 1. The Morgan fingerprint density at radius 2 is 2.18 bits per heavy atom. The molecule has 1 aromatic carbocycles. The quantitative estimate of drug-likeness (QED) is 0.843. The summed E-state index contributed by atoms with van der Waals surface area (Å²) >= 11 is 0. The van der Waals surface area contributed by atoms with Crippen LogP contribution in [0.1, 0.15) is 38.2 Å². The molecule has 0 heterocycles. The summed E-state index contributed by atoms with van der Waals surface area (Å²) in [5.41, 5.74) is 1.02. The van der Waals surface area contributed by atoms with Gasteiger partial charge in [0.15, 0.2) is 0 Å². The van der Waals surface area contributed by atoms with Crippen LogP contribution in [-0.2, 0) is 6.42 Å². The van der Waals surface area contributed by atoms with Gasteiger partial charge in [0.25, 0.3) is 0 Å². The van der Waals surface area contributed by atoms with Crippen molar-refractivity contribution in [3.63, 3.8) is 0 Å². The van der Waals surface area contributed by atoms with Crippen LogP contribution in [0.2, 0.25) is 0 Å². The molecule has 1 aliphatic carbocycles. The van der Waals surface area contributed by atoms with Crippen molar-refractivity contribution in [3.8, 4) is 5.75 Å². The number of aliphatic hydroxyl groups is 1. The average Bonchev–Trinajstić information content (AvgIpc) is 2.29. The van der Waals surface area contributed by atoms with Crippen molar-refractivity contribution >= 4 is 0 Å². The van der Waals surface area contributed by atoms with E-state index >= 15 is 0 Å². The van der Waals surface area contributed by atoms with Gasteiger partial charge in [0.1, 0.15) is 5.75 Å². The number of hydrogen-bond donors (Lipinski definition) is 2. The maximum absolute atomic E-state index is 10.3. The lowest BCUT2D eigenvalue weighted by atomic mass is 9.78. The van der Waals surface area contributed by atoms with E-state index in [1.807, 2.05) is 12.1 Å². The van der Waals surface area contributed by atoms with Gasteiger partial charge in [-0.3, -0.25) is 0 Å². The molecule has 0 spiro atoms. The molecule has 0 amide bonds. The fourth-order valence-electron chi connectivity index (χ4n) is 2.92. The fraction of sp³-hybridized carbons (Fsp3) is 0.600. The number of phenolic OH excluding ortho intramolecular Hbond substituents is 1. The first-order valence-electron chi connectivity index (χ1n) is 6.61. The second-order valence-electron chi connectivity index (χ2n) is 5.47. The lowest BCUT2D eigenvalue weighted by Gasteiger charge is -2.30. The molecule has 0 aromatic heterocycles. The highest BCUT2D eigenvalue weighted by Gasteiger charge is 2.25. The summed E-state index contributed by atoms with van der Waals surface area (Å²) in [5.74, 6) is 1.46. The maximum atomic E-state index is 10.3. The van der Waals surface area contributed by atoms with Gasteiger partial charge in [0.2, 0.25) is 0 Å². The Morgan fingerprint density at radius 1 is 1.35 bits per heavy atom. The molecule has 2 heteroatoms. The summed E-state index contributed by atoms with van der Waals surface area (Å²) in [7, 11) is 0. The molecule has 17 heavy (non-hydrogen) atoms. The largest absolute Gasteiger partial charge is 0.508 e. The molecule has 0 aliphatic heterocycles. The van der Waals surface area contributed by atoms with Gasteiger partial charge in [-0.25, -0.2) is 0 Å². The minimum Gasteiger partial charge on any atom is -0.508 e.